The van der Waals surface area contributed by atoms with Gasteiger partial charge in [0.25, 0.3) is 0 Å². The van der Waals surface area contributed by atoms with Crippen molar-refractivity contribution < 1.29 is 5.11 Å². The van der Waals surface area contributed by atoms with Crippen molar-refractivity contribution in [1.82, 2.24) is 5.32 Å². The Balaban J connectivity index is 2.00. The summed E-state index contributed by atoms with van der Waals surface area (Å²) in [5, 5.41) is 14.6. The summed E-state index contributed by atoms with van der Waals surface area (Å²) in [7, 11) is 0. The fraction of sp³-hybridized carbons (Fsp3) is 0.600. The number of hydrogen-bond acceptors (Lipinski definition) is 2. The second-order valence-electron chi connectivity index (χ2n) is 5.39. The van der Waals surface area contributed by atoms with Crippen LogP contribution in [0.1, 0.15) is 49.8 Å². The Morgan fingerprint density at radius 1 is 1.33 bits per heavy atom. The molecule has 100 valence electrons. The van der Waals surface area contributed by atoms with Gasteiger partial charge in [-0.1, -0.05) is 36.6 Å². The number of aliphatic hydroxyl groups is 1. The van der Waals surface area contributed by atoms with Gasteiger partial charge in [-0.05, 0) is 43.9 Å². The molecule has 3 heteroatoms. The van der Waals surface area contributed by atoms with Crippen LogP contribution in [0.25, 0.3) is 0 Å². The van der Waals surface area contributed by atoms with Gasteiger partial charge in [-0.15, -0.1) is 0 Å². The van der Waals surface area contributed by atoms with Crippen LogP contribution in [0.15, 0.2) is 18.2 Å². The molecule has 0 amide bonds. The number of aryl methyl sites for hydroxylation is 1. The van der Waals surface area contributed by atoms with Gasteiger partial charge >= 0.3 is 0 Å². The minimum Gasteiger partial charge on any atom is -0.387 e. The predicted molar refractivity (Wildman–Crippen MR) is 76.0 cm³/mol. The van der Waals surface area contributed by atoms with Crippen molar-refractivity contribution in [1.29, 1.82) is 0 Å². The first-order valence-electron chi connectivity index (χ1n) is 6.78. The van der Waals surface area contributed by atoms with Crippen LogP contribution in [0, 0.1) is 6.92 Å². The summed E-state index contributed by atoms with van der Waals surface area (Å²) < 4.78 is 0. The number of hydrogen-bond donors (Lipinski definition) is 2. The monoisotopic (exact) mass is 267 g/mol. The third-order valence-corrected chi connectivity index (χ3v) is 4.27. The quantitative estimate of drug-likeness (QED) is 0.874. The molecule has 1 fully saturated rings. The molecule has 1 aliphatic rings. The van der Waals surface area contributed by atoms with Crippen LogP contribution in [0.3, 0.4) is 0 Å². The van der Waals surface area contributed by atoms with E-state index < -0.39 is 6.10 Å². The maximum atomic E-state index is 10.4. The second-order valence-corrected chi connectivity index (χ2v) is 5.80. The molecular weight excluding hydrogens is 246 g/mol. The number of halogens is 1. The highest BCUT2D eigenvalue weighted by Gasteiger charge is 2.22. The topological polar surface area (TPSA) is 32.3 Å². The lowest BCUT2D eigenvalue weighted by molar-refractivity contribution is 0.129. The molecule has 1 saturated carbocycles. The largest absolute Gasteiger partial charge is 0.387 e. The lowest BCUT2D eigenvalue weighted by Crippen LogP contribution is -2.38. The van der Waals surface area contributed by atoms with E-state index in [1.165, 1.54) is 25.7 Å². The molecule has 2 nitrogen and oxygen atoms in total. The Hall–Kier alpha value is -0.570. The zero-order valence-corrected chi connectivity index (χ0v) is 11.9. The van der Waals surface area contributed by atoms with Crippen molar-refractivity contribution in [2.24, 2.45) is 0 Å². The van der Waals surface area contributed by atoms with Crippen molar-refractivity contribution >= 4 is 11.6 Å². The fourth-order valence-electron chi connectivity index (χ4n) is 2.70. The summed E-state index contributed by atoms with van der Waals surface area (Å²) in [6.45, 7) is 4.01. The lowest BCUT2D eigenvalue weighted by Gasteiger charge is -2.24. The van der Waals surface area contributed by atoms with Crippen LogP contribution >= 0.6 is 11.6 Å². The molecule has 2 rings (SSSR count). The van der Waals surface area contributed by atoms with Crippen molar-refractivity contribution in [3.8, 4) is 0 Å². The van der Waals surface area contributed by atoms with E-state index >= 15 is 0 Å². The first-order chi connectivity index (χ1) is 8.58. The predicted octanol–water partition coefficient (Wildman–Crippen LogP) is 3.60. The van der Waals surface area contributed by atoms with Crippen molar-refractivity contribution in [3.63, 3.8) is 0 Å². The highest BCUT2D eigenvalue weighted by Crippen LogP contribution is 2.25. The average molecular weight is 268 g/mol. The van der Waals surface area contributed by atoms with Gasteiger partial charge in [0.1, 0.15) is 0 Å². The minimum atomic E-state index is -0.471. The molecule has 0 aliphatic heterocycles. The van der Waals surface area contributed by atoms with E-state index in [0.29, 0.717) is 6.04 Å². The van der Waals surface area contributed by atoms with Gasteiger partial charge in [-0.25, -0.2) is 0 Å². The van der Waals surface area contributed by atoms with E-state index in [2.05, 4.69) is 5.32 Å². The average Bonchev–Trinajstić information content (AvgIpc) is 2.84. The third kappa shape index (κ3) is 3.25. The molecule has 1 aliphatic carbocycles. The maximum Gasteiger partial charge on any atom is 0.0940 e. The molecule has 1 aromatic carbocycles. The Bertz CT molecular complexity index is 401. The number of rotatable bonds is 4. The Labute approximate surface area is 114 Å². The molecule has 2 unspecified atom stereocenters. The van der Waals surface area contributed by atoms with E-state index in [0.717, 1.165) is 16.1 Å². The molecule has 0 spiro atoms. The summed E-state index contributed by atoms with van der Waals surface area (Å²) in [4.78, 5) is 0. The zero-order chi connectivity index (χ0) is 13.1. The molecule has 0 bridgehead atoms. The molecule has 0 saturated heterocycles. The molecule has 0 heterocycles. The Morgan fingerprint density at radius 2 is 2.00 bits per heavy atom. The van der Waals surface area contributed by atoms with Crippen molar-refractivity contribution in [3.05, 3.63) is 34.3 Å². The van der Waals surface area contributed by atoms with Crippen LogP contribution in [0.4, 0.5) is 0 Å². The lowest BCUT2D eigenvalue weighted by atomic mass is 10.0. The highest BCUT2D eigenvalue weighted by atomic mass is 35.5. The summed E-state index contributed by atoms with van der Waals surface area (Å²) >= 11 is 6.01. The van der Waals surface area contributed by atoms with Crippen LogP contribution in [0.5, 0.6) is 0 Å². The van der Waals surface area contributed by atoms with Crippen molar-refractivity contribution in [2.45, 2.75) is 57.7 Å². The molecule has 0 aromatic heterocycles. The van der Waals surface area contributed by atoms with Gasteiger partial charge in [0.05, 0.1) is 6.10 Å². The van der Waals surface area contributed by atoms with Gasteiger partial charge in [0.2, 0.25) is 0 Å². The molecule has 18 heavy (non-hydrogen) atoms. The molecule has 1 aromatic rings. The van der Waals surface area contributed by atoms with Gasteiger partial charge in [0, 0.05) is 17.1 Å². The van der Waals surface area contributed by atoms with E-state index in [-0.39, 0.29) is 6.04 Å². The smallest absolute Gasteiger partial charge is 0.0940 e. The maximum absolute atomic E-state index is 10.4. The second kappa shape index (κ2) is 6.05. The molecule has 0 radical (unpaired) electrons. The first-order valence-corrected chi connectivity index (χ1v) is 7.16. The number of aliphatic hydroxyl groups excluding tert-OH is 1. The number of nitrogens with one attached hydrogen (secondary N) is 1. The Kier molecular flexibility index (Phi) is 4.66. The fourth-order valence-corrected chi connectivity index (χ4v) is 2.81. The zero-order valence-electron chi connectivity index (χ0n) is 11.1. The molecular formula is C15H22ClNO. The van der Waals surface area contributed by atoms with Crippen molar-refractivity contribution in [2.75, 3.05) is 0 Å². The van der Waals surface area contributed by atoms with E-state index in [4.69, 9.17) is 11.6 Å². The van der Waals surface area contributed by atoms with E-state index in [9.17, 15) is 5.11 Å². The summed E-state index contributed by atoms with van der Waals surface area (Å²) in [5.74, 6) is 0. The van der Waals surface area contributed by atoms with Crippen LogP contribution in [-0.2, 0) is 0 Å². The number of benzene rings is 1. The van der Waals surface area contributed by atoms with E-state index in [1.807, 2.05) is 32.0 Å². The van der Waals surface area contributed by atoms with Gasteiger partial charge in [0.15, 0.2) is 0 Å². The third-order valence-electron chi connectivity index (χ3n) is 3.85. The summed E-state index contributed by atoms with van der Waals surface area (Å²) in [6.07, 6.45) is 4.61. The Morgan fingerprint density at radius 3 is 2.61 bits per heavy atom. The standard InChI is InChI=1S/C15H22ClNO/c1-10-9-12(7-8-14(10)16)15(18)11(2)17-13-5-3-4-6-13/h7-9,11,13,15,17-18H,3-6H2,1-2H3. The normalized spacial score (nSPS) is 20.0. The van der Waals surface area contributed by atoms with Gasteiger partial charge < -0.3 is 10.4 Å². The van der Waals surface area contributed by atoms with Crippen LogP contribution in [0.2, 0.25) is 5.02 Å². The van der Waals surface area contributed by atoms with Gasteiger partial charge in [-0.2, -0.15) is 0 Å². The SMILES string of the molecule is Cc1cc(C(O)C(C)NC2CCCC2)ccc1Cl. The van der Waals surface area contributed by atoms with Gasteiger partial charge in [-0.3, -0.25) is 0 Å². The minimum absolute atomic E-state index is 0.0775. The first kappa shape index (κ1) is 13.9. The highest BCUT2D eigenvalue weighted by molar-refractivity contribution is 6.31. The van der Waals surface area contributed by atoms with Crippen LogP contribution in [-0.4, -0.2) is 17.2 Å². The summed E-state index contributed by atoms with van der Waals surface area (Å²) in [6, 6.07) is 6.39. The van der Waals surface area contributed by atoms with Crippen LogP contribution < -0.4 is 5.32 Å². The molecule has 2 atom stereocenters. The summed E-state index contributed by atoms with van der Waals surface area (Å²) in [5.41, 5.74) is 1.95. The molecule has 2 N–H and O–H groups in total. The van der Waals surface area contributed by atoms with E-state index in [1.54, 1.807) is 0 Å².